The number of pyridine rings is 1. The molecule has 1 amide bonds. The average Bonchev–Trinajstić information content (AvgIpc) is 3.50. The van der Waals surface area contributed by atoms with Crippen molar-refractivity contribution in [3.63, 3.8) is 0 Å². The maximum absolute atomic E-state index is 12.7. The van der Waals surface area contributed by atoms with E-state index in [1.165, 1.54) is 0 Å². The first-order chi connectivity index (χ1) is 12.2. The molecule has 0 spiro atoms. The minimum atomic E-state index is 0.00391. The zero-order valence-electron chi connectivity index (χ0n) is 14.5. The van der Waals surface area contributed by atoms with Crippen molar-refractivity contribution in [1.29, 1.82) is 0 Å². The van der Waals surface area contributed by atoms with Gasteiger partial charge in [0.1, 0.15) is 11.5 Å². The molecule has 25 heavy (non-hydrogen) atoms. The molecule has 5 nitrogen and oxygen atoms in total. The van der Waals surface area contributed by atoms with Crippen molar-refractivity contribution < 1.29 is 14.3 Å². The van der Waals surface area contributed by atoms with Crippen LogP contribution in [-0.4, -0.2) is 36.1 Å². The summed E-state index contributed by atoms with van der Waals surface area (Å²) in [5.41, 5.74) is 1.88. The van der Waals surface area contributed by atoms with Gasteiger partial charge in [0.2, 0.25) is 5.91 Å². The molecule has 0 atom stereocenters. The molecule has 0 N–H and O–H groups in total. The molecule has 0 bridgehead atoms. The van der Waals surface area contributed by atoms with Gasteiger partial charge in [-0.25, -0.2) is 0 Å². The van der Waals surface area contributed by atoms with Crippen LogP contribution in [0.2, 0.25) is 0 Å². The molecule has 5 heteroatoms. The Labute approximate surface area is 147 Å². The van der Waals surface area contributed by atoms with Gasteiger partial charge in [-0.15, -0.1) is 0 Å². The summed E-state index contributed by atoms with van der Waals surface area (Å²) in [5.74, 6) is 1.47. The van der Waals surface area contributed by atoms with Crippen molar-refractivity contribution in [1.82, 2.24) is 9.88 Å². The molecular formula is C20H22N2O3. The van der Waals surface area contributed by atoms with E-state index in [0.717, 1.165) is 35.5 Å². The summed E-state index contributed by atoms with van der Waals surface area (Å²) >= 11 is 0. The Morgan fingerprint density at radius 2 is 2.12 bits per heavy atom. The molecule has 0 saturated heterocycles. The Kier molecular flexibility index (Phi) is 5.33. The number of benzene rings is 1. The first kappa shape index (κ1) is 17.0. The van der Waals surface area contributed by atoms with Crippen LogP contribution in [0.5, 0.6) is 11.5 Å². The maximum Gasteiger partial charge on any atom is 0.247 e. The van der Waals surface area contributed by atoms with E-state index >= 15 is 0 Å². The zero-order chi connectivity index (χ0) is 17.6. The maximum atomic E-state index is 12.7. The van der Waals surface area contributed by atoms with Gasteiger partial charge in [0, 0.05) is 42.7 Å². The van der Waals surface area contributed by atoms with Crippen LogP contribution < -0.4 is 9.47 Å². The van der Waals surface area contributed by atoms with Gasteiger partial charge in [-0.3, -0.25) is 9.78 Å². The highest BCUT2D eigenvalue weighted by Crippen LogP contribution is 2.32. The van der Waals surface area contributed by atoms with Crippen LogP contribution in [0.15, 0.2) is 48.8 Å². The van der Waals surface area contributed by atoms with Crippen LogP contribution in [0.25, 0.3) is 6.08 Å². The normalized spacial score (nSPS) is 13.7. The third-order valence-electron chi connectivity index (χ3n) is 4.21. The number of carbonyl (C=O) groups excluding carboxylic acids is 1. The molecule has 1 aromatic carbocycles. The van der Waals surface area contributed by atoms with Crippen molar-refractivity contribution in [3.05, 3.63) is 59.9 Å². The molecular weight excluding hydrogens is 316 g/mol. The molecule has 3 rings (SSSR count). The van der Waals surface area contributed by atoms with E-state index in [-0.39, 0.29) is 5.91 Å². The number of hydrogen-bond donors (Lipinski definition) is 0. The molecule has 1 saturated carbocycles. The fourth-order valence-electron chi connectivity index (χ4n) is 2.68. The van der Waals surface area contributed by atoms with Gasteiger partial charge in [-0.1, -0.05) is 6.07 Å². The third kappa shape index (κ3) is 4.38. The minimum Gasteiger partial charge on any atom is -0.497 e. The molecule has 2 aromatic rings. The van der Waals surface area contributed by atoms with Gasteiger partial charge in [0.05, 0.1) is 14.2 Å². The zero-order valence-corrected chi connectivity index (χ0v) is 14.5. The van der Waals surface area contributed by atoms with E-state index in [0.29, 0.717) is 12.6 Å². The summed E-state index contributed by atoms with van der Waals surface area (Å²) in [7, 11) is 3.25. The molecule has 0 radical (unpaired) electrons. The van der Waals surface area contributed by atoms with Gasteiger partial charge in [0.15, 0.2) is 0 Å². The highest BCUT2D eigenvalue weighted by Gasteiger charge is 2.32. The predicted octanol–water partition coefficient (Wildman–Crippen LogP) is 3.30. The van der Waals surface area contributed by atoms with Crippen LogP contribution in [0.1, 0.15) is 24.0 Å². The lowest BCUT2D eigenvalue weighted by Crippen LogP contribution is -2.31. The Balaban J connectivity index is 1.76. The van der Waals surface area contributed by atoms with E-state index in [9.17, 15) is 4.79 Å². The van der Waals surface area contributed by atoms with Crippen molar-refractivity contribution in [2.75, 3.05) is 14.2 Å². The topological polar surface area (TPSA) is 51.7 Å². The number of nitrogens with zero attached hydrogens (tertiary/aromatic N) is 2. The number of amides is 1. The molecule has 1 aliphatic rings. The van der Waals surface area contributed by atoms with Crippen molar-refractivity contribution in [3.8, 4) is 11.5 Å². The second-order valence-corrected chi connectivity index (χ2v) is 5.99. The van der Waals surface area contributed by atoms with Crippen molar-refractivity contribution >= 4 is 12.0 Å². The van der Waals surface area contributed by atoms with Gasteiger partial charge < -0.3 is 14.4 Å². The minimum absolute atomic E-state index is 0.00391. The summed E-state index contributed by atoms with van der Waals surface area (Å²) in [6, 6.07) is 9.76. The molecule has 1 heterocycles. The Bertz CT molecular complexity index is 755. The average molecular weight is 338 g/mol. The lowest BCUT2D eigenvalue weighted by molar-refractivity contribution is -0.127. The summed E-state index contributed by atoms with van der Waals surface area (Å²) in [6.45, 7) is 0.522. The molecule has 1 aliphatic carbocycles. The highest BCUT2D eigenvalue weighted by molar-refractivity contribution is 5.92. The second-order valence-electron chi connectivity index (χ2n) is 5.99. The molecule has 0 unspecified atom stereocenters. The monoisotopic (exact) mass is 338 g/mol. The summed E-state index contributed by atoms with van der Waals surface area (Å²) in [6.07, 6.45) is 8.96. The Morgan fingerprint density at radius 1 is 1.28 bits per heavy atom. The lowest BCUT2D eigenvalue weighted by Gasteiger charge is -2.22. The highest BCUT2D eigenvalue weighted by atomic mass is 16.5. The van der Waals surface area contributed by atoms with Crippen molar-refractivity contribution in [2.24, 2.45) is 0 Å². The molecule has 0 aliphatic heterocycles. The lowest BCUT2D eigenvalue weighted by atomic mass is 10.1. The first-order valence-electron chi connectivity index (χ1n) is 8.31. The van der Waals surface area contributed by atoms with Gasteiger partial charge in [0.25, 0.3) is 0 Å². The summed E-state index contributed by atoms with van der Waals surface area (Å²) in [5, 5.41) is 0. The van der Waals surface area contributed by atoms with Crippen LogP contribution in [0.3, 0.4) is 0 Å². The number of hydrogen-bond acceptors (Lipinski definition) is 4. The second kappa shape index (κ2) is 7.83. The van der Waals surface area contributed by atoms with Gasteiger partial charge >= 0.3 is 0 Å². The molecule has 1 fully saturated rings. The third-order valence-corrected chi connectivity index (χ3v) is 4.21. The fraction of sp³-hybridized carbons (Fsp3) is 0.300. The van der Waals surface area contributed by atoms with E-state index in [1.54, 1.807) is 38.8 Å². The smallest absolute Gasteiger partial charge is 0.247 e. The van der Waals surface area contributed by atoms with Crippen LogP contribution in [0, 0.1) is 0 Å². The Hall–Kier alpha value is -2.82. The van der Waals surface area contributed by atoms with Gasteiger partial charge in [-0.2, -0.15) is 0 Å². The molecule has 1 aromatic heterocycles. The quantitative estimate of drug-likeness (QED) is 0.727. The van der Waals surface area contributed by atoms with Gasteiger partial charge in [-0.05, 0) is 42.7 Å². The fourth-order valence-corrected chi connectivity index (χ4v) is 2.68. The van der Waals surface area contributed by atoms with E-state index < -0.39 is 0 Å². The predicted molar refractivity (Wildman–Crippen MR) is 96.4 cm³/mol. The first-order valence-corrected chi connectivity index (χ1v) is 8.31. The number of ether oxygens (including phenoxy) is 2. The Morgan fingerprint density at radius 3 is 2.76 bits per heavy atom. The largest absolute Gasteiger partial charge is 0.497 e. The van der Waals surface area contributed by atoms with Crippen molar-refractivity contribution in [2.45, 2.75) is 25.4 Å². The number of carbonyl (C=O) groups is 1. The number of rotatable bonds is 7. The van der Waals surface area contributed by atoms with E-state index in [2.05, 4.69) is 4.98 Å². The standard InChI is InChI=1S/C20H22N2O3/c1-24-18-9-6-16(19(12-18)25-2)14-22(17-7-8-17)20(23)10-5-15-4-3-11-21-13-15/h3-6,9-13,17H,7-8,14H2,1-2H3. The van der Waals surface area contributed by atoms with Crippen LogP contribution >= 0.6 is 0 Å². The van der Waals surface area contributed by atoms with E-state index in [1.807, 2.05) is 35.2 Å². The number of methoxy groups -OCH3 is 2. The van der Waals surface area contributed by atoms with Crippen LogP contribution in [0.4, 0.5) is 0 Å². The molecule has 130 valence electrons. The SMILES string of the molecule is COc1ccc(CN(C(=O)C=Cc2cccnc2)C2CC2)c(OC)c1. The van der Waals surface area contributed by atoms with Crippen LogP contribution in [-0.2, 0) is 11.3 Å². The number of aromatic nitrogens is 1. The summed E-state index contributed by atoms with van der Waals surface area (Å²) in [4.78, 5) is 18.6. The summed E-state index contributed by atoms with van der Waals surface area (Å²) < 4.78 is 10.7. The van der Waals surface area contributed by atoms with E-state index in [4.69, 9.17) is 9.47 Å².